The molecule has 0 aromatic heterocycles. The van der Waals surface area contributed by atoms with Gasteiger partial charge in [0.2, 0.25) is 0 Å². The molecule has 0 radical (unpaired) electrons. The number of nitro groups is 1. The first-order valence-electron chi connectivity index (χ1n) is 13.6. The number of hydrogen-bond donors (Lipinski definition) is 6. The van der Waals surface area contributed by atoms with Crippen LogP contribution in [0, 0.1) is 10.1 Å². The smallest absolute Gasteiger partial charge is 0.297 e. The molecule has 0 aliphatic carbocycles. The second-order valence-electron chi connectivity index (χ2n) is 9.70. The Kier molecular flexibility index (Phi) is 9.69. The fourth-order valence-electron chi connectivity index (χ4n) is 4.42. The van der Waals surface area contributed by atoms with E-state index in [4.69, 9.17) is 17.2 Å². The minimum absolute atomic E-state index is 0.131. The van der Waals surface area contributed by atoms with E-state index in [1.165, 1.54) is 17.8 Å². The summed E-state index contributed by atoms with van der Waals surface area (Å²) in [5.74, 6) is -0.633. The summed E-state index contributed by atoms with van der Waals surface area (Å²) in [6, 6.07) is 16.8. The maximum absolute atomic E-state index is 12.7. The Labute approximate surface area is 261 Å². The van der Waals surface area contributed by atoms with Crippen LogP contribution in [0.15, 0.2) is 65.6 Å². The third-order valence-corrected chi connectivity index (χ3v) is 7.79. The van der Waals surface area contributed by atoms with Crippen molar-refractivity contribution in [1.82, 2.24) is 16.0 Å². The van der Waals surface area contributed by atoms with E-state index in [9.17, 15) is 24.5 Å². The minimum Gasteiger partial charge on any atom is -0.354 e. The van der Waals surface area contributed by atoms with Crippen LogP contribution in [0.2, 0.25) is 0 Å². The van der Waals surface area contributed by atoms with Gasteiger partial charge in [-0.05, 0) is 67.3 Å². The standard InChI is InChI=1S/C29H27N7O6S2/c37-26(18-9-7-17(8-10-18)15-23-28(39)33-29(43)44-23)30-13-2-1-3-14-31-27(38)19-5-4-6-20(16-19)32-21-11-12-22(36(40)41)25-24(21)34-42-35-25/h4-12,15-16,32,34-35H,1-3,13-14H2,(H,30,37)(H,31,38)(H,33,39,43)/b23-15-. The van der Waals surface area contributed by atoms with Crippen LogP contribution in [0.4, 0.5) is 28.4 Å². The second kappa shape index (κ2) is 14.0. The van der Waals surface area contributed by atoms with Crippen LogP contribution < -0.4 is 32.2 Å². The van der Waals surface area contributed by atoms with E-state index < -0.39 is 4.92 Å². The summed E-state index contributed by atoms with van der Waals surface area (Å²) in [7, 11) is 0. The van der Waals surface area contributed by atoms with Crippen molar-refractivity contribution in [3.05, 3.63) is 92.4 Å². The van der Waals surface area contributed by atoms with E-state index in [-0.39, 0.29) is 29.1 Å². The van der Waals surface area contributed by atoms with Gasteiger partial charge >= 0.3 is 0 Å². The van der Waals surface area contributed by atoms with Crippen molar-refractivity contribution in [2.45, 2.75) is 19.3 Å². The van der Waals surface area contributed by atoms with Crippen LogP contribution >= 0.6 is 24.0 Å². The lowest BCUT2D eigenvalue weighted by molar-refractivity contribution is -0.384. The predicted molar refractivity (Wildman–Crippen MR) is 172 cm³/mol. The summed E-state index contributed by atoms with van der Waals surface area (Å²) in [4.78, 5) is 53.1. The Morgan fingerprint density at radius 2 is 1.64 bits per heavy atom. The average molecular weight is 634 g/mol. The number of benzene rings is 3. The quantitative estimate of drug-likeness (QED) is 0.0529. The number of nitrogens with zero attached hydrogens (tertiary/aromatic N) is 1. The molecule has 0 unspecified atom stereocenters. The molecule has 6 N–H and O–H groups in total. The molecule has 3 aromatic carbocycles. The Balaban J connectivity index is 1.02. The Morgan fingerprint density at radius 1 is 0.932 bits per heavy atom. The number of anilines is 4. The summed E-state index contributed by atoms with van der Waals surface area (Å²) in [5, 5.41) is 22.8. The highest BCUT2D eigenvalue weighted by atomic mass is 32.2. The van der Waals surface area contributed by atoms with Gasteiger partial charge in [0.1, 0.15) is 10.0 Å². The van der Waals surface area contributed by atoms with Crippen molar-refractivity contribution in [2.24, 2.45) is 0 Å². The van der Waals surface area contributed by atoms with Crippen LogP contribution in [0.1, 0.15) is 45.5 Å². The van der Waals surface area contributed by atoms with Gasteiger partial charge in [-0.1, -0.05) is 42.2 Å². The molecule has 3 amide bonds. The molecular weight excluding hydrogens is 606 g/mol. The van der Waals surface area contributed by atoms with Crippen LogP contribution in [0.3, 0.4) is 0 Å². The van der Waals surface area contributed by atoms with E-state index in [1.807, 2.05) is 0 Å². The average Bonchev–Trinajstić information content (AvgIpc) is 3.63. The van der Waals surface area contributed by atoms with E-state index in [1.54, 1.807) is 60.7 Å². The number of thioether (sulfide) groups is 1. The summed E-state index contributed by atoms with van der Waals surface area (Å²) in [5.41, 5.74) is 8.48. The molecule has 1 fully saturated rings. The van der Waals surface area contributed by atoms with Gasteiger partial charge in [0.25, 0.3) is 23.4 Å². The number of unbranched alkanes of at least 4 members (excludes halogenated alkanes) is 2. The van der Waals surface area contributed by atoms with Gasteiger partial charge in [-0.2, -0.15) is 4.94 Å². The molecule has 44 heavy (non-hydrogen) atoms. The molecule has 0 spiro atoms. The van der Waals surface area contributed by atoms with Gasteiger partial charge in [-0.15, -0.1) is 0 Å². The Hall–Kier alpha value is -4.99. The molecular formula is C29H27N7O6S2. The number of hydrogen-bond acceptors (Lipinski definition) is 11. The number of rotatable bonds is 12. The maximum atomic E-state index is 12.7. The molecule has 5 rings (SSSR count). The third kappa shape index (κ3) is 7.50. The summed E-state index contributed by atoms with van der Waals surface area (Å²) < 4.78 is 0.427. The van der Waals surface area contributed by atoms with Gasteiger partial charge in [0.05, 0.1) is 15.5 Å². The van der Waals surface area contributed by atoms with Crippen LogP contribution in [-0.4, -0.2) is 40.1 Å². The maximum Gasteiger partial charge on any atom is 0.297 e. The number of amides is 3. The zero-order valence-corrected chi connectivity index (χ0v) is 24.7. The molecule has 3 aromatic rings. The lowest BCUT2D eigenvalue weighted by atomic mass is 10.1. The van der Waals surface area contributed by atoms with Crippen molar-refractivity contribution >= 4 is 80.5 Å². The number of thiocarbonyl (C=S) groups is 1. The third-order valence-electron chi connectivity index (χ3n) is 6.63. The van der Waals surface area contributed by atoms with Crippen molar-refractivity contribution in [3.8, 4) is 0 Å². The van der Waals surface area contributed by atoms with Gasteiger partial charge in [0.15, 0.2) is 5.69 Å². The zero-order chi connectivity index (χ0) is 31.1. The molecule has 1 saturated heterocycles. The summed E-state index contributed by atoms with van der Waals surface area (Å²) in [6.45, 7) is 0.980. The topological polar surface area (TPSA) is 176 Å². The van der Waals surface area contributed by atoms with Crippen LogP contribution in [0.5, 0.6) is 0 Å². The fourth-order valence-corrected chi connectivity index (χ4v) is 5.46. The number of nitro benzene ring substituents is 1. The largest absolute Gasteiger partial charge is 0.354 e. The predicted octanol–water partition coefficient (Wildman–Crippen LogP) is 4.84. The minimum atomic E-state index is -0.510. The van der Waals surface area contributed by atoms with Crippen LogP contribution in [-0.2, 0) is 9.73 Å². The molecule has 226 valence electrons. The lowest BCUT2D eigenvalue weighted by Gasteiger charge is -2.11. The van der Waals surface area contributed by atoms with E-state index in [2.05, 4.69) is 32.2 Å². The monoisotopic (exact) mass is 633 g/mol. The molecule has 2 aliphatic rings. The molecule has 2 heterocycles. The van der Waals surface area contributed by atoms with Gasteiger partial charge < -0.3 is 21.3 Å². The Morgan fingerprint density at radius 3 is 2.32 bits per heavy atom. The van der Waals surface area contributed by atoms with Crippen LogP contribution in [0.25, 0.3) is 6.08 Å². The summed E-state index contributed by atoms with van der Waals surface area (Å²) >= 11 is 6.20. The number of carbonyl (C=O) groups is 3. The van der Waals surface area contributed by atoms with E-state index in [0.29, 0.717) is 50.5 Å². The molecule has 0 saturated carbocycles. The van der Waals surface area contributed by atoms with E-state index in [0.717, 1.165) is 24.8 Å². The van der Waals surface area contributed by atoms with Crippen molar-refractivity contribution < 1.29 is 24.2 Å². The number of fused-ring (bicyclic) bond motifs is 1. The number of carbonyl (C=O) groups excluding carboxylic acids is 3. The Bertz CT molecular complexity index is 1660. The van der Waals surface area contributed by atoms with E-state index >= 15 is 0 Å². The summed E-state index contributed by atoms with van der Waals surface area (Å²) in [6.07, 6.45) is 4.03. The fraction of sp³-hybridized carbons (Fsp3) is 0.172. The first kappa shape index (κ1) is 30.5. The zero-order valence-electron chi connectivity index (χ0n) is 23.1. The van der Waals surface area contributed by atoms with Crippen molar-refractivity contribution in [3.63, 3.8) is 0 Å². The van der Waals surface area contributed by atoms with Crippen molar-refractivity contribution in [2.75, 3.05) is 29.4 Å². The first-order chi connectivity index (χ1) is 21.3. The van der Waals surface area contributed by atoms with Gasteiger partial charge in [0, 0.05) is 36.0 Å². The highest BCUT2D eigenvalue weighted by molar-refractivity contribution is 8.26. The molecule has 15 heteroatoms. The highest BCUT2D eigenvalue weighted by Gasteiger charge is 2.26. The second-order valence-corrected chi connectivity index (χ2v) is 11.4. The first-order valence-corrected chi connectivity index (χ1v) is 14.8. The molecule has 0 bridgehead atoms. The SMILES string of the molecule is O=C1NC(=S)S/C1=C\c1ccc(C(=O)NCCCCCNC(=O)c2cccc(Nc3ccc([N+](=O)[O-])c4c3NON4)c2)cc1. The lowest BCUT2D eigenvalue weighted by Crippen LogP contribution is -2.26. The molecule has 0 atom stereocenters. The molecule has 2 aliphatic heterocycles. The number of nitrogens with one attached hydrogen (secondary N) is 6. The van der Waals surface area contributed by atoms with Gasteiger partial charge in [-0.25, -0.2) is 11.0 Å². The van der Waals surface area contributed by atoms with Gasteiger partial charge in [-0.3, -0.25) is 24.5 Å². The highest BCUT2D eigenvalue weighted by Crippen LogP contribution is 2.42. The van der Waals surface area contributed by atoms with Crippen molar-refractivity contribution in [1.29, 1.82) is 0 Å². The normalized spacial score (nSPS) is 14.3. The molecule has 13 nitrogen and oxygen atoms in total.